The van der Waals surface area contributed by atoms with Crippen LogP contribution in [0.3, 0.4) is 0 Å². The largest absolute Gasteiger partial charge is 0.493 e. The molecule has 1 aromatic heterocycles. The molecule has 0 saturated heterocycles. The van der Waals surface area contributed by atoms with Crippen molar-refractivity contribution >= 4 is 34.0 Å². The van der Waals surface area contributed by atoms with Gasteiger partial charge in [0.15, 0.2) is 5.13 Å². The van der Waals surface area contributed by atoms with E-state index in [0.717, 1.165) is 11.3 Å². The van der Waals surface area contributed by atoms with Crippen LogP contribution in [0.5, 0.6) is 5.75 Å². The summed E-state index contributed by atoms with van der Waals surface area (Å²) in [5.41, 5.74) is 0.947. The highest BCUT2D eigenvalue weighted by Crippen LogP contribution is 2.31. The summed E-state index contributed by atoms with van der Waals surface area (Å²) in [4.78, 5) is 30.1. The van der Waals surface area contributed by atoms with E-state index in [1.165, 1.54) is 24.0 Å². The first-order valence-electron chi connectivity index (χ1n) is 9.74. The Kier molecular flexibility index (Phi) is 7.36. The number of esters is 1. The lowest BCUT2D eigenvalue weighted by atomic mass is 10.2. The van der Waals surface area contributed by atoms with Crippen LogP contribution < -0.4 is 9.64 Å². The van der Waals surface area contributed by atoms with Gasteiger partial charge in [0.05, 0.1) is 23.6 Å². The van der Waals surface area contributed by atoms with Crippen LogP contribution >= 0.6 is 11.3 Å². The van der Waals surface area contributed by atoms with E-state index in [1.807, 2.05) is 13.8 Å². The number of hydrogen-bond acceptors (Lipinski definition) is 6. The van der Waals surface area contributed by atoms with Crippen LogP contribution in [0.1, 0.15) is 36.8 Å². The van der Waals surface area contributed by atoms with Crippen LogP contribution in [-0.4, -0.2) is 23.5 Å². The summed E-state index contributed by atoms with van der Waals surface area (Å²) in [6.07, 6.45) is 0. The number of carbonyl (C=O) groups excluding carboxylic acids is 2. The van der Waals surface area contributed by atoms with Crippen molar-refractivity contribution in [2.45, 2.75) is 27.4 Å². The zero-order valence-corrected chi connectivity index (χ0v) is 18.3. The highest BCUT2D eigenvalue weighted by Gasteiger charge is 2.21. The van der Waals surface area contributed by atoms with Crippen molar-refractivity contribution in [2.24, 2.45) is 5.92 Å². The Morgan fingerprint density at radius 3 is 2.65 bits per heavy atom. The van der Waals surface area contributed by atoms with Crippen LogP contribution in [0.2, 0.25) is 0 Å². The van der Waals surface area contributed by atoms with Crippen molar-refractivity contribution in [3.05, 3.63) is 71.0 Å². The quantitative estimate of drug-likeness (QED) is 0.440. The molecule has 8 heteroatoms. The zero-order valence-electron chi connectivity index (χ0n) is 17.5. The average molecular weight is 443 g/mol. The summed E-state index contributed by atoms with van der Waals surface area (Å²) in [6, 6.07) is 12.8. The number of aromatic nitrogens is 1. The second-order valence-corrected chi connectivity index (χ2v) is 8.07. The standard InChI is InChI=1S/C23H23FN2O4S/c1-15(2)12-29-19-8-6-7-17(11-19)22(28)30-13-18-14-31-23(25-18)26(16(3)27)21-10-5-4-9-20(21)24/h4-11,14-15H,12-13H2,1-3H3. The highest BCUT2D eigenvalue weighted by atomic mass is 32.1. The molecule has 1 amide bonds. The number of ether oxygens (including phenoxy) is 2. The van der Waals surface area contributed by atoms with E-state index in [4.69, 9.17) is 9.47 Å². The minimum absolute atomic E-state index is 0.0740. The molecule has 0 aliphatic rings. The van der Waals surface area contributed by atoms with Crippen molar-refractivity contribution in [3.63, 3.8) is 0 Å². The van der Waals surface area contributed by atoms with E-state index in [-0.39, 0.29) is 18.2 Å². The fourth-order valence-corrected chi connectivity index (χ4v) is 3.57. The van der Waals surface area contributed by atoms with Gasteiger partial charge in [0.25, 0.3) is 0 Å². The number of benzene rings is 2. The van der Waals surface area contributed by atoms with Crippen molar-refractivity contribution in [2.75, 3.05) is 11.5 Å². The molecule has 162 valence electrons. The third-order valence-electron chi connectivity index (χ3n) is 4.14. The van der Waals surface area contributed by atoms with Gasteiger partial charge in [0.1, 0.15) is 18.2 Å². The molecule has 0 radical (unpaired) electrons. The minimum atomic E-state index is -0.527. The molecule has 1 heterocycles. The molecule has 0 saturated carbocycles. The van der Waals surface area contributed by atoms with E-state index >= 15 is 0 Å². The maximum Gasteiger partial charge on any atom is 0.338 e. The van der Waals surface area contributed by atoms with Gasteiger partial charge in [-0.15, -0.1) is 11.3 Å². The molecule has 0 aliphatic carbocycles. The van der Waals surface area contributed by atoms with Crippen molar-refractivity contribution in [1.82, 2.24) is 4.98 Å². The Morgan fingerprint density at radius 1 is 1.16 bits per heavy atom. The van der Waals surface area contributed by atoms with Crippen LogP contribution in [-0.2, 0) is 16.1 Å². The molecule has 0 spiro atoms. The Morgan fingerprint density at radius 2 is 1.94 bits per heavy atom. The van der Waals surface area contributed by atoms with Crippen LogP contribution in [0.15, 0.2) is 53.9 Å². The summed E-state index contributed by atoms with van der Waals surface area (Å²) >= 11 is 1.16. The van der Waals surface area contributed by atoms with E-state index in [1.54, 1.807) is 41.8 Å². The second-order valence-electron chi connectivity index (χ2n) is 7.24. The lowest BCUT2D eigenvalue weighted by Gasteiger charge is -2.18. The molecule has 0 N–H and O–H groups in total. The Labute approximate surface area is 184 Å². The third-order valence-corrected chi connectivity index (χ3v) is 5.02. The van der Waals surface area contributed by atoms with Crippen LogP contribution in [0.4, 0.5) is 15.2 Å². The maximum absolute atomic E-state index is 14.2. The molecule has 0 aliphatic heterocycles. The van der Waals surface area contributed by atoms with Crippen molar-refractivity contribution in [3.8, 4) is 5.75 Å². The molecule has 0 unspecified atom stereocenters. The molecule has 31 heavy (non-hydrogen) atoms. The number of carbonyl (C=O) groups is 2. The monoisotopic (exact) mass is 442 g/mol. The third kappa shape index (κ3) is 5.88. The summed E-state index contributed by atoms with van der Waals surface area (Å²) in [6.45, 7) is 5.89. The number of nitrogens with zero attached hydrogens (tertiary/aromatic N) is 2. The topological polar surface area (TPSA) is 68.7 Å². The first-order chi connectivity index (χ1) is 14.8. The minimum Gasteiger partial charge on any atom is -0.493 e. The Balaban J connectivity index is 1.67. The van der Waals surface area contributed by atoms with Crippen LogP contribution in [0.25, 0.3) is 0 Å². The number of rotatable bonds is 8. The predicted octanol–water partition coefficient (Wildman–Crippen LogP) is 5.36. The second kappa shape index (κ2) is 10.2. The number of thiazole rings is 1. The molecule has 6 nitrogen and oxygen atoms in total. The van der Waals surface area contributed by atoms with Gasteiger partial charge in [0, 0.05) is 12.3 Å². The highest BCUT2D eigenvalue weighted by molar-refractivity contribution is 7.14. The van der Waals surface area contributed by atoms with Gasteiger partial charge in [-0.3, -0.25) is 9.69 Å². The van der Waals surface area contributed by atoms with E-state index < -0.39 is 11.8 Å². The lowest BCUT2D eigenvalue weighted by Crippen LogP contribution is -2.23. The molecule has 3 rings (SSSR count). The predicted molar refractivity (Wildman–Crippen MR) is 117 cm³/mol. The first kappa shape index (κ1) is 22.4. The maximum atomic E-state index is 14.2. The number of amides is 1. The van der Waals surface area contributed by atoms with Gasteiger partial charge in [-0.25, -0.2) is 14.2 Å². The molecule has 2 aromatic carbocycles. The fourth-order valence-electron chi connectivity index (χ4n) is 2.70. The van der Waals surface area contributed by atoms with Gasteiger partial charge in [-0.05, 0) is 36.2 Å². The lowest BCUT2D eigenvalue weighted by molar-refractivity contribution is -0.115. The van der Waals surface area contributed by atoms with Gasteiger partial charge < -0.3 is 9.47 Å². The first-order valence-corrected chi connectivity index (χ1v) is 10.6. The summed E-state index contributed by atoms with van der Waals surface area (Å²) in [5, 5.41) is 1.97. The molecule has 0 atom stereocenters. The normalized spacial score (nSPS) is 10.7. The van der Waals surface area contributed by atoms with Crippen molar-refractivity contribution < 1.29 is 23.5 Å². The summed E-state index contributed by atoms with van der Waals surface area (Å²) < 4.78 is 25.2. The molecule has 3 aromatic rings. The number of anilines is 2. The van der Waals surface area contributed by atoms with E-state index in [9.17, 15) is 14.0 Å². The molecular formula is C23H23FN2O4S. The Hall–Kier alpha value is -3.26. The number of halogens is 1. The van der Waals surface area contributed by atoms with Crippen LogP contribution in [0, 0.1) is 11.7 Å². The number of hydrogen-bond donors (Lipinski definition) is 0. The molecular weight excluding hydrogens is 419 g/mol. The fraction of sp³-hybridized carbons (Fsp3) is 0.261. The zero-order chi connectivity index (χ0) is 22.4. The van der Waals surface area contributed by atoms with Crippen molar-refractivity contribution in [1.29, 1.82) is 0 Å². The smallest absolute Gasteiger partial charge is 0.338 e. The van der Waals surface area contributed by atoms with Gasteiger partial charge >= 0.3 is 5.97 Å². The SMILES string of the molecule is CC(=O)N(c1nc(COC(=O)c2cccc(OCC(C)C)c2)cs1)c1ccccc1F. The summed E-state index contributed by atoms with van der Waals surface area (Å²) in [5.74, 6) is -0.446. The molecule has 0 fully saturated rings. The van der Waals surface area contributed by atoms with Gasteiger partial charge in [-0.1, -0.05) is 32.0 Å². The van der Waals surface area contributed by atoms with E-state index in [0.29, 0.717) is 34.7 Å². The molecule has 0 bridgehead atoms. The van der Waals surface area contributed by atoms with Gasteiger partial charge in [-0.2, -0.15) is 0 Å². The van der Waals surface area contributed by atoms with Gasteiger partial charge in [0.2, 0.25) is 5.91 Å². The Bertz CT molecular complexity index is 1070. The average Bonchev–Trinajstić information content (AvgIpc) is 3.20. The number of para-hydroxylation sites is 1. The van der Waals surface area contributed by atoms with E-state index in [2.05, 4.69) is 4.98 Å². The summed E-state index contributed by atoms with van der Waals surface area (Å²) in [7, 11) is 0.